The van der Waals surface area contributed by atoms with Crippen LogP contribution in [0.1, 0.15) is 40.5 Å². The molecule has 0 fully saturated rings. The monoisotopic (exact) mass is 186 g/mol. The average molecular weight is 186 g/mol. The summed E-state index contributed by atoms with van der Waals surface area (Å²) in [4.78, 5) is 2.53. The van der Waals surface area contributed by atoms with Crippen molar-refractivity contribution in [1.82, 2.24) is 4.90 Å². The van der Waals surface area contributed by atoms with Gasteiger partial charge in [-0.1, -0.05) is 20.8 Å². The first-order valence-electron chi connectivity index (χ1n) is 5.59. The molecule has 2 atom stereocenters. The fourth-order valence-electron chi connectivity index (χ4n) is 1.45. The second-order valence-corrected chi connectivity index (χ2v) is 4.02. The van der Waals surface area contributed by atoms with Crippen LogP contribution in [-0.4, -0.2) is 30.6 Å². The van der Waals surface area contributed by atoms with Gasteiger partial charge in [0.15, 0.2) is 0 Å². The zero-order valence-electron chi connectivity index (χ0n) is 9.71. The predicted octanol–water partition coefficient (Wildman–Crippen LogP) is 2.09. The lowest BCUT2D eigenvalue weighted by atomic mass is 10.1. The molecule has 2 nitrogen and oxygen atoms in total. The van der Waals surface area contributed by atoms with Gasteiger partial charge >= 0.3 is 0 Å². The highest BCUT2D eigenvalue weighted by Crippen LogP contribution is 2.07. The Bertz CT molecular complexity index is 115. The van der Waals surface area contributed by atoms with Crippen molar-refractivity contribution < 1.29 is 0 Å². The number of nitrogens with zero attached hydrogens (tertiary/aromatic N) is 1. The van der Waals surface area contributed by atoms with Crippen molar-refractivity contribution >= 4 is 0 Å². The third kappa shape index (κ3) is 5.27. The lowest BCUT2D eigenvalue weighted by Crippen LogP contribution is -2.34. The largest absolute Gasteiger partial charge is 0.330 e. The summed E-state index contributed by atoms with van der Waals surface area (Å²) in [6.07, 6.45) is 2.47. The van der Waals surface area contributed by atoms with Gasteiger partial charge in [0.1, 0.15) is 0 Å². The van der Waals surface area contributed by atoms with Gasteiger partial charge in [0.2, 0.25) is 0 Å². The van der Waals surface area contributed by atoms with E-state index in [-0.39, 0.29) is 0 Å². The molecule has 0 saturated heterocycles. The summed E-state index contributed by atoms with van der Waals surface area (Å²) in [6.45, 7) is 12.2. The van der Waals surface area contributed by atoms with Gasteiger partial charge in [0.25, 0.3) is 0 Å². The van der Waals surface area contributed by atoms with Crippen LogP contribution in [0, 0.1) is 5.92 Å². The van der Waals surface area contributed by atoms with Crippen LogP contribution in [0.25, 0.3) is 0 Å². The second kappa shape index (κ2) is 7.34. The van der Waals surface area contributed by atoms with E-state index in [0.717, 1.165) is 19.1 Å². The molecular formula is C11H26N2. The Morgan fingerprint density at radius 3 is 2.23 bits per heavy atom. The molecule has 0 radical (unpaired) electrons. The number of rotatable bonds is 7. The fourth-order valence-corrected chi connectivity index (χ4v) is 1.45. The highest BCUT2D eigenvalue weighted by atomic mass is 15.1. The van der Waals surface area contributed by atoms with Crippen LogP contribution in [0.4, 0.5) is 0 Å². The first-order valence-corrected chi connectivity index (χ1v) is 5.59. The van der Waals surface area contributed by atoms with E-state index in [2.05, 4.69) is 32.6 Å². The molecule has 0 saturated carbocycles. The normalized spacial score (nSPS) is 16.2. The second-order valence-electron chi connectivity index (χ2n) is 4.02. The fraction of sp³-hybridized carbons (Fsp3) is 1.00. The van der Waals surface area contributed by atoms with Gasteiger partial charge in [-0.15, -0.1) is 0 Å². The van der Waals surface area contributed by atoms with E-state index in [9.17, 15) is 0 Å². The van der Waals surface area contributed by atoms with Gasteiger partial charge in [0.05, 0.1) is 0 Å². The van der Waals surface area contributed by atoms with E-state index in [0.29, 0.717) is 5.92 Å². The maximum absolute atomic E-state index is 5.59. The molecule has 2 unspecified atom stereocenters. The minimum absolute atomic E-state index is 0.665. The molecule has 80 valence electrons. The molecule has 2 heteroatoms. The standard InChI is InChI=1S/C11H26N2/c1-5-11(4)13(6-2)8-7-10(3)9-12/h10-11H,5-9,12H2,1-4H3. The molecule has 2 N–H and O–H groups in total. The maximum atomic E-state index is 5.59. The molecule has 0 amide bonds. The Kier molecular flexibility index (Phi) is 7.29. The topological polar surface area (TPSA) is 29.3 Å². The van der Waals surface area contributed by atoms with Crippen molar-refractivity contribution in [2.75, 3.05) is 19.6 Å². The molecule has 0 aliphatic rings. The van der Waals surface area contributed by atoms with Crippen LogP contribution in [0.2, 0.25) is 0 Å². The van der Waals surface area contributed by atoms with Gasteiger partial charge in [-0.3, -0.25) is 0 Å². The van der Waals surface area contributed by atoms with Gasteiger partial charge < -0.3 is 10.6 Å². The first-order chi connectivity index (χ1) is 6.15. The lowest BCUT2D eigenvalue weighted by molar-refractivity contribution is 0.202. The zero-order valence-corrected chi connectivity index (χ0v) is 9.71. The molecule has 0 bridgehead atoms. The van der Waals surface area contributed by atoms with E-state index >= 15 is 0 Å². The van der Waals surface area contributed by atoms with Crippen molar-refractivity contribution in [3.8, 4) is 0 Å². The van der Waals surface area contributed by atoms with Crippen LogP contribution in [0.15, 0.2) is 0 Å². The molecule has 0 spiro atoms. The van der Waals surface area contributed by atoms with E-state index in [4.69, 9.17) is 5.73 Å². The molecule has 0 aliphatic heterocycles. The van der Waals surface area contributed by atoms with Crippen molar-refractivity contribution in [3.63, 3.8) is 0 Å². The van der Waals surface area contributed by atoms with Crippen LogP contribution in [0.3, 0.4) is 0 Å². The third-order valence-corrected chi connectivity index (χ3v) is 2.93. The Hall–Kier alpha value is -0.0800. The van der Waals surface area contributed by atoms with Crippen LogP contribution >= 0.6 is 0 Å². The summed E-state index contributed by atoms with van der Waals surface area (Å²) in [7, 11) is 0. The summed E-state index contributed by atoms with van der Waals surface area (Å²) in [6, 6.07) is 0.718. The minimum atomic E-state index is 0.665. The third-order valence-electron chi connectivity index (χ3n) is 2.93. The molecule has 0 rings (SSSR count). The quantitative estimate of drug-likeness (QED) is 0.659. The Morgan fingerprint density at radius 2 is 1.85 bits per heavy atom. The van der Waals surface area contributed by atoms with Gasteiger partial charge in [-0.25, -0.2) is 0 Å². The smallest absolute Gasteiger partial charge is 0.00641 e. The Morgan fingerprint density at radius 1 is 1.23 bits per heavy atom. The molecule has 0 aromatic rings. The van der Waals surface area contributed by atoms with Gasteiger partial charge in [-0.05, 0) is 45.3 Å². The van der Waals surface area contributed by atoms with Gasteiger partial charge in [0, 0.05) is 6.04 Å². The van der Waals surface area contributed by atoms with E-state index in [1.165, 1.54) is 19.4 Å². The Labute approximate surface area is 83.5 Å². The van der Waals surface area contributed by atoms with Gasteiger partial charge in [-0.2, -0.15) is 0 Å². The lowest BCUT2D eigenvalue weighted by Gasteiger charge is -2.27. The van der Waals surface area contributed by atoms with Crippen LogP contribution in [-0.2, 0) is 0 Å². The van der Waals surface area contributed by atoms with Crippen molar-refractivity contribution in [2.24, 2.45) is 11.7 Å². The molecular weight excluding hydrogens is 160 g/mol. The van der Waals surface area contributed by atoms with E-state index in [1.54, 1.807) is 0 Å². The summed E-state index contributed by atoms with van der Waals surface area (Å²) in [5, 5.41) is 0. The van der Waals surface area contributed by atoms with Crippen molar-refractivity contribution in [1.29, 1.82) is 0 Å². The predicted molar refractivity (Wildman–Crippen MR) is 59.8 cm³/mol. The summed E-state index contributed by atoms with van der Waals surface area (Å²) < 4.78 is 0. The zero-order chi connectivity index (χ0) is 10.3. The van der Waals surface area contributed by atoms with E-state index in [1.807, 2.05) is 0 Å². The maximum Gasteiger partial charge on any atom is 0.00641 e. The highest BCUT2D eigenvalue weighted by Gasteiger charge is 2.10. The first kappa shape index (κ1) is 12.9. The minimum Gasteiger partial charge on any atom is -0.330 e. The molecule has 0 aliphatic carbocycles. The SMILES string of the molecule is CCC(C)N(CC)CCC(C)CN. The molecule has 13 heavy (non-hydrogen) atoms. The highest BCUT2D eigenvalue weighted by molar-refractivity contribution is 4.65. The van der Waals surface area contributed by atoms with E-state index < -0.39 is 0 Å². The summed E-state index contributed by atoms with van der Waals surface area (Å²) >= 11 is 0. The molecule has 0 heterocycles. The summed E-state index contributed by atoms with van der Waals surface area (Å²) in [5.74, 6) is 0.665. The van der Waals surface area contributed by atoms with Crippen molar-refractivity contribution in [3.05, 3.63) is 0 Å². The van der Waals surface area contributed by atoms with Crippen LogP contribution in [0.5, 0.6) is 0 Å². The molecule has 0 aromatic heterocycles. The number of hydrogen-bond acceptors (Lipinski definition) is 2. The molecule has 0 aromatic carbocycles. The summed E-state index contributed by atoms with van der Waals surface area (Å²) in [5.41, 5.74) is 5.59. The average Bonchev–Trinajstić information content (AvgIpc) is 2.17. The van der Waals surface area contributed by atoms with Crippen LogP contribution < -0.4 is 5.73 Å². The Balaban J connectivity index is 3.71. The van der Waals surface area contributed by atoms with Crippen molar-refractivity contribution in [2.45, 2.75) is 46.6 Å². The number of hydrogen-bond donors (Lipinski definition) is 1. The number of nitrogens with two attached hydrogens (primary N) is 1.